The van der Waals surface area contributed by atoms with Crippen molar-refractivity contribution in [3.05, 3.63) is 36.4 Å². The van der Waals surface area contributed by atoms with Crippen molar-refractivity contribution in [3.63, 3.8) is 0 Å². The summed E-state index contributed by atoms with van der Waals surface area (Å²) in [5, 5.41) is 1.77. The fraction of sp³-hybridized carbons (Fsp3) is 0.294. The summed E-state index contributed by atoms with van der Waals surface area (Å²) >= 11 is 0. The molecule has 0 spiro atoms. The van der Waals surface area contributed by atoms with Gasteiger partial charge in [0.15, 0.2) is 0 Å². The van der Waals surface area contributed by atoms with Crippen LogP contribution in [0.2, 0.25) is 0 Å². The van der Waals surface area contributed by atoms with E-state index in [-0.39, 0.29) is 0 Å². The molecule has 0 saturated carbocycles. The van der Waals surface area contributed by atoms with Gasteiger partial charge in [0, 0.05) is 11.5 Å². The number of hydrogen-bond donors (Lipinski definition) is 0. The molecule has 2 aromatic carbocycles. The molecule has 0 aromatic heterocycles. The van der Waals surface area contributed by atoms with E-state index in [4.69, 9.17) is 18.9 Å². The lowest BCUT2D eigenvalue weighted by molar-refractivity contribution is 0.364. The summed E-state index contributed by atoms with van der Waals surface area (Å²) in [4.78, 5) is 0. The Morgan fingerprint density at radius 1 is 0.905 bits per heavy atom. The summed E-state index contributed by atoms with van der Waals surface area (Å²) in [6.07, 6.45) is 3.90. The lowest BCUT2D eigenvalue weighted by atomic mass is 10.1. The van der Waals surface area contributed by atoms with E-state index in [9.17, 15) is 0 Å². The summed E-state index contributed by atoms with van der Waals surface area (Å²) in [6, 6.07) is 7.53. The second kappa shape index (κ2) is 6.88. The van der Waals surface area contributed by atoms with Crippen molar-refractivity contribution in [3.8, 4) is 23.0 Å². The van der Waals surface area contributed by atoms with Crippen molar-refractivity contribution in [1.82, 2.24) is 0 Å². The van der Waals surface area contributed by atoms with Crippen LogP contribution in [0.1, 0.15) is 6.92 Å². The first kappa shape index (κ1) is 15.0. The summed E-state index contributed by atoms with van der Waals surface area (Å²) < 4.78 is 22.0. The molecule has 0 N–H and O–H groups in total. The molecular weight excluding hydrogens is 268 g/mol. The molecule has 0 radical (unpaired) electrons. The van der Waals surface area contributed by atoms with E-state index in [1.54, 1.807) is 21.3 Å². The number of fused-ring (bicyclic) bond motifs is 1. The molecule has 0 aliphatic carbocycles. The van der Waals surface area contributed by atoms with Crippen LogP contribution in [0.4, 0.5) is 0 Å². The molecule has 0 atom stereocenters. The van der Waals surface area contributed by atoms with E-state index in [1.165, 1.54) is 0 Å². The molecule has 0 aliphatic heterocycles. The first-order valence-electron chi connectivity index (χ1n) is 6.71. The van der Waals surface area contributed by atoms with Gasteiger partial charge in [-0.15, -0.1) is 0 Å². The van der Waals surface area contributed by atoms with Gasteiger partial charge in [-0.05, 0) is 25.1 Å². The Morgan fingerprint density at radius 2 is 1.62 bits per heavy atom. The van der Waals surface area contributed by atoms with E-state index in [1.807, 2.05) is 43.3 Å². The van der Waals surface area contributed by atoms with Crippen molar-refractivity contribution in [2.24, 2.45) is 0 Å². The highest BCUT2D eigenvalue weighted by molar-refractivity contribution is 5.99. The van der Waals surface area contributed by atoms with Crippen LogP contribution in [0, 0.1) is 0 Å². The maximum absolute atomic E-state index is 5.80. The van der Waals surface area contributed by atoms with E-state index in [0.29, 0.717) is 18.1 Å². The smallest absolute Gasteiger partial charge is 0.134 e. The van der Waals surface area contributed by atoms with Crippen molar-refractivity contribution in [2.45, 2.75) is 6.92 Å². The highest BCUT2D eigenvalue weighted by atomic mass is 16.5. The van der Waals surface area contributed by atoms with Crippen LogP contribution < -0.4 is 18.9 Å². The standard InChI is InChI=1S/C17H20O4/c1-5-6-9-21-14-7-8-15(19-3)17-13(14)10-12(18-2)11-16(17)20-4/h5-8,10-11H,9H2,1-4H3/b6-5+. The third-order valence-electron chi connectivity index (χ3n) is 3.22. The molecule has 0 unspecified atom stereocenters. The van der Waals surface area contributed by atoms with Crippen LogP contribution in [-0.4, -0.2) is 27.9 Å². The second-order valence-electron chi connectivity index (χ2n) is 4.40. The highest BCUT2D eigenvalue weighted by Crippen LogP contribution is 2.41. The maximum atomic E-state index is 5.80. The van der Waals surface area contributed by atoms with Crippen molar-refractivity contribution >= 4 is 10.8 Å². The number of ether oxygens (including phenoxy) is 4. The van der Waals surface area contributed by atoms with Gasteiger partial charge in [-0.1, -0.05) is 12.2 Å². The first-order valence-corrected chi connectivity index (χ1v) is 6.71. The van der Waals surface area contributed by atoms with Crippen LogP contribution in [0.15, 0.2) is 36.4 Å². The summed E-state index contributed by atoms with van der Waals surface area (Å²) in [5.74, 6) is 2.91. The van der Waals surface area contributed by atoms with Crippen LogP contribution >= 0.6 is 0 Å². The number of allylic oxidation sites excluding steroid dienone is 1. The quantitative estimate of drug-likeness (QED) is 0.757. The van der Waals surface area contributed by atoms with E-state index in [0.717, 1.165) is 22.3 Å². The van der Waals surface area contributed by atoms with Gasteiger partial charge >= 0.3 is 0 Å². The zero-order valence-corrected chi connectivity index (χ0v) is 12.8. The van der Waals surface area contributed by atoms with Crippen LogP contribution in [-0.2, 0) is 0 Å². The predicted octanol–water partition coefficient (Wildman–Crippen LogP) is 3.82. The Kier molecular flexibility index (Phi) is 4.93. The number of benzene rings is 2. The van der Waals surface area contributed by atoms with E-state index in [2.05, 4.69) is 0 Å². The highest BCUT2D eigenvalue weighted by Gasteiger charge is 2.14. The van der Waals surface area contributed by atoms with Gasteiger partial charge < -0.3 is 18.9 Å². The molecule has 2 rings (SSSR count). The fourth-order valence-corrected chi connectivity index (χ4v) is 2.17. The molecule has 0 bridgehead atoms. The summed E-state index contributed by atoms with van der Waals surface area (Å²) in [7, 11) is 4.89. The molecule has 4 nitrogen and oxygen atoms in total. The lowest BCUT2D eigenvalue weighted by Crippen LogP contribution is -1.97. The third kappa shape index (κ3) is 3.05. The summed E-state index contributed by atoms with van der Waals surface area (Å²) in [6.45, 7) is 2.47. The second-order valence-corrected chi connectivity index (χ2v) is 4.40. The minimum atomic E-state index is 0.511. The van der Waals surface area contributed by atoms with Gasteiger partial charge in [0.1, 0.15) is 29.6 Å². The number of methoxy groups -OCH3 is 3. The molecule has 0 heterocycles. The monoisotopic (exact) mass is 288 g/mol. The minimum absolute atomic E-state index is 0.511. The van der Waals surface area contributed by atoms with Crippen LogP contribution in [0.3, 0.4) is 0 Å². The third-order valence-corrected chi connectivity index (χ3v) is 3.22. The number of rotatable bonds is 6. The van der Waals surface area contributed by atoms with E-state index < -0.39 is 0 Å². The SMILES string of the molecule is C/C=C/COc1ccc(OC)c2c(OC)cc(OC)cc12. The predicted molar refractivity (Wildman–Crippen MR) is 83.9 cm³/mol. The Bertz CT molecular complexity index is 647. The molecule has 4 heteroatoms. The van der Waals surface area contributed by atoms with Crippen molar-refractivity contribution in [2.75, 3.05) is 27.9 Å². The van der Waals surface area contributed by atoms with Gasteiger partial charge in [-0.25, -0.2) is 0 Å². The maximum Gasteiger partial charge on any atom is 0.134 e. The molecule has 0 fully saturated rings. The lowest BCUT2D eigenvalue weighted by Gasteiger charge is -2.15. The Hall–Kier alpha value is -2.36. The molecule has 21 heavy (non-hydrogen) atoms. The van der Waals surface area contributed by atoms with E-state index >= 15 is 0 Å². The van der Waals surface area contributed by atoms with Crippen molar-refractivity contribution < 1.29 is 18.9 Å². The summed E-state index contributed by atoms with van der Waals surface area (Å²) in [5.41, 5.74) is 0. The molecule has 0 saturated heterocycles. The Morgan fingerprint density at radius 3 is 2.24 bits per heavy atom. The topological polar surface area (TPSA) is 36.9 Å². The normalized spacial score (nSPS) is 10.9. The van der Waals surface area contributed by atoms with Crippen LogP contribution in [0.5, 0.6) is 23.0 Å². The van der Waals surface area contributed by atoms with Gasteiger partial charge in [0.2, 0.25) is 0 Å². The van der Waals surface area contributed by atoms with Crippen LogP contribution in [0.25, 0.3) is 10.8 Å². The average Bonchev–Trinajstić information content (AvgIpc) is 2.54. The molecule has 112 valence electrons. The first-order chi connectivity index (χ1) is 10.2. The van der Waals surface area contributed by atoms with Crippen molar-refractivity contribution in [1.29, 1.82) is 0 Å². The Labute approximate surface area is 124 Å². The Balaban J connectivity index is 2.65. The molecule has 0 amide bonds. The van der Waals surface area contributed by atoms with Gasteiger partial charge in [0.05, 0.1) is 26.7 Å². The molecular formula is C17H20O4. The largest absolute Gasteiger partial charge is 0.497 e. The molecule has 0 aliphatic rings. The van der Waals surface area contributed by atoms with Gasteiger partial charge in [-0.2, -0.15) is 0 Å². The zero-order valence-electron chi connectivity index (χ0n) is 12.8. The molecule has 2 aromatic rings. The van der Waals surface area contributed by atoms with Gasteiger partial charge in [-0.3, -0.25) is 0 Å². The average molecular weight is 288 g/mol. The fourth-order valence-electron chi connectivity index (χ4n) is 2.17. The van der Waals surface area contributed by atoms with Gasteiger partial charge in [0.25, 0.3) is 0 Å². The minimum Gasteiger partial charge on any atom is -0.497 e. The number of hydrogen-bond acceptors (Lipinski definition) is 4. The zero-order chi connectivity index (χ0) is 15.2.